The molecule has 0 radical (unpaired) electrons. The van der Waals surface area contributed by atoms with E-state index < -0.39 is 0 Å². The normalized spacial score (nSPS) is 14.3. The van der Waals surface area contributed by atoms with Crippen molar-refractivity contribution in [2.45, 2.75) is 18.9 Å². The summed E-state index contributed by atoms with van der Waals surface area (Å²) in [6, 6.07) is 15.3. The van der Waals surface area contributed by atoms with Crippen molar-refractivity contribution < 1.29 is 4.74 Å². The summed E-state index contributed by atoms with van der Waals surface area (Å²) >= 11 is 1.76. The van der Waals surface area contributed by atoms with Gasteiger partial charge in [-0.15, -0.1) is 0 Å². The van der Waals surface area contributed by atoms with Crippen molar-refractivity contribution in [1.29, 1.82) is 0 Å². The van der Waals surface area contributed by atoms with Crippen LogP contribution in [0.3, 0.4) is 0 Å². The van der Waals surface area contributed by atoms with Crippen molar-refractivity contribution in [3.63, 3.8) is 0 Å². The Kier molecular flexibility index (Phi) is 3.26. The summed E-state index contributed by atoms with van der Waals surface area (Å²) in [6.45, 7) is 0. The van der Waals surface area contributed by atoms with Gasteiger partial charge in [-0.05, 0) is 30.5 Å². The number of hydrogen-bond donors (Lipinski definition) is 0. The monoisotopic (exact) mass is 310 g/mol. The van der Waals surface area contributed by atoms with Crippen molar-refractivity contribution in [2.75, 3.05) is 19.1 Å². The standard InChI is InChI=1S/C18H18N2OS/c1-20(13-8-9-13)18-19-16-15(21-2)11-10-14(17(16)22-18)12-6-4-3-5-7-12/h3-7,10-11,13H,8-9H2,1-2H3. The molecule has 112 valence electrons. The Bertz CT molecular complexity index is 809. The molecule has 1 saturated carbocycles. The van der Waals surface area contributed by atoms with Crippen LogP contribution in [0.25, 0.3) is 21.3 Å². The molecule has 0 bridgehead atoms. The summed E-state index contributed by atoms with van der Waals surface area (Å²) in [5.74, 6) is 0.848. The third kappa shape index (κ3) is 2.24. The quantitative estimate of drug-likeness (QED) is 0.706. The van der Waals surface area contributed by atoms with E-state index in [0.717, 1.165) is 16.4 Å². The number of fused-ring (bicyclic) bond motifs is 1. The number of thiazole rings is 1. The van der Waals surface area contributed by atoms with E-state index in [4.69, 9.17) is 9.72 Å². The van der Waals surface area contributed by atoms with Crippen LogP contribution in [0, 0.1) is 0 Å². The van der Waals surface area contributed by atoms with E-state index in [2.05, 4.69) is 42.3 Å². The van der Waals surface area contributed by atoms with Crippen LogP contribution in [-0.4, -0.2) is 25.2 Å². The fourth-order valence-electron chi connectivity index (χ4n) is 2.75. The Morgan fingerprint density at radius 1 is 1.14 bits per heavy atom. The van der Waals surface area contributed by atoms with E-state index in [0.29, 0.717) is 6.04 Å². The average molecular weight is 310 g/mol. The van der Waals surface area contributed by atoms with Crippen LogP contribution < -0.4 is 9.64 Å². The van der Waals surface area contributed by atoms with Crippen LogP contribution in [0.5, 0.6) is 5.75 Å². The molecular weight excluding hydrogens is 292 g/mol. The number of aromatic nitrogens is 1. The minimum atomic E-state index is 0.659. The van der Waals surface area contributed by atoms with Crippen LogP contribution in [0.1, 0.15) is 12.8 Å². The van der Waals surface area contributed by atoms with E-state index in [1.165, 1.54) is 28.7 Å². The molecule has 0 atom stereocenters. The zero-order valence-corrected chi connectivity index (χ0v) is 13.6. The lowest BCUT2D eigenvalue weighted by Crippen LogP contribution is -2.18. The van der Waals surface area contributed by atoms with Gasteiger partial charge < -0.3 is 9.64 Å². The maximum absolute atomic E-state index is 5.51. The molecule has 22 heavy (non-hydrogen) atoms. The van der Waals surface area contributed by atoms with Gasteiger partial charge in [0.05, 0.1) is 11.8 Å². The summed E-state index contributed by atoms with van der Waals surface area (Å²) in [5, 5.41) is 1.08. The first-order valence-corrected chi connectivity index (χ1v) is 8.35. The second kappa shape index (κ2) is 5.29. The molecule has 2 aromatic carbocycles. The summed E-state index contributed by atoms with van der Waals surface area (Å²) in [5.41, 5.74) is 3.42. The van der Waals surface area contributed by atoms with Gasteiger partial charge in [0.1, 0.15) is 11.3 Å². The highest BCUT2D eigenvalue weighted by Gasteiger charge is 2.28. The molecule has 1 heterocycles. The van der Waals surface area contributed by atoms with Crippen LogP contribution in [0.4, 0.5) is 5.13 Å². The first kappa shape index (κ1) is 13.6. The molecule has 3 nitrogen and oxygen atoms in total. The van der Waals surface area contributed by atoms with Crippen LogP contribution in [0.15, 0.2) is 42.5 Å². The number of anilines is 1. The Hall–Kier alpha value is -2.07. The molecule has 4 heteroatoms. The number of hydrogen-bond acceptors (Lipinski definition) is 4. The van der Waals surface area contributed by atoms with Crippen molar-refractivity contribution >= 4 is 26.7 Å². The Morgan fingerprint density at radius 2 is 1.91 bits per heavy atom. The minimum Gasteiger partial charge on any atom is -0.494 e. The molecular formula is C18H18N2OS. The van der Waals surface area contributed by atoms with Gasteiger partial charge in [-0.3, -0.25) is 0 Å². The highest BCUT2D eigenvalue weighted by molar-refractivity contribution is 7.22. The first-order chi connectivity index (χ1) is 10.8. The fourth-order valence-corrected chi connectivity index (χ4v) is 3.90. The molecule has 1 fully saturated rings. The van der Waals surface area contributed by atoms with E-state index >= 15 is 0 Å². The minimum absolute atomic E-state index is 0.659. The van der Waals surface area contributed by atoms with Crippen LogP contribution in [-0.2, 0) is 0 Å². The second-order valence-electron chi connectivity index (χ2n) is 5.70. The van der Waals surface area contributed by atoms with Gasteiger partial charge in [0.2, 0.25) is 0 Å². The Labute approximate surface area is 134 Å². The van der Waals surface area contributed by atoms with E-state index in [1.54, 1.807) is 18.4 Å². The largest absolute Gasteiger partial charge is 0.494 e. The third-order valence-corrected chi connectivity index (χ3v) is 5.38. The zero-order valence-electron chi connectivity index (χ0n) is 12.7. The molecule has 4 rings (SSSR count). The van der Waals surface area contributed by atoms with Gasteiger partial charge in [-0.25, -0.2) is 4.98 Å². The summed E-state index contributed by atoms with van der Waals surface area (Å²) in [7, 11) is 3.85. The van der Waals surface area contributed by atoms with Gasteiger partial charge in [0.25, 0.3) is 0 Å². The first-order valence-electron chi connectivity index (χ1n) is 7.53. The van der Waals surface area contributed by atoms with Crippen LogP contribution >= 0.6 is 11.3 Å². The Balaban J connectivity index is 1.90. The number of ether oxygens (including phenoxy) is 1. The fraction of sp³-hybridized carbons (Fsp3) is 0.278. The topological polar surface area (TPSA) is 25.4 Å². The van der Waals surface area contributed by atoms with Gasteiger partial charge in [-0.2, -0.15) is 0 Å². The van der Waals surface area contributed by atoms with E-state index in [1.807, 2.05) is 12.1 Å². The molecule has 0 unspecified atom stereocenters. The average Bonchev–Trinajstić information content (AvgIpc) is 3.32. The van der Waals surface area contributed by atoms with Crippen molar-refractivity contribution in [3.05, 3.63) is 42.5 Å². The second-order valence-corrected chi connectivity index (χ2v) is 6.68. The maximum atomic E-state index is 5.51. The number of benzene rings is 2. The summed E-state index contributed by atoms with van der Waals surface area (Å²) in [4.78, 5) is 7.15. The lowest BCUT2D eigenvalue weighted by Gasteiger charge is -2.13. The summed E-state index contributed by atoms with van der Waals surface area (Å²) in [6.07, 6.45) is 2.55. The van der Waals surface area contributed by atoms with Crippen molar-refractivity contribution in [1.82, 2.24) is 4.98 Å². The molecule has 0 amide bonds. The Morgan fingerprint density at radius 3 is 2.59 bits per heavy atom. The lowest BCUT2D eigenvalue weighted by atomic mass is 10.1. The van der Waals surface area contributed by atoms with Crippen molar-refractivity contribution in [3.8, 4) is 16.9 Å². The highest BCUT2D eigenvalue weighted by atomic mass is 32.1. The van der Waals surface area contributed by atoms with E-state index in [-0.39, 0.29) is 0 Å². The number of rotatable bonds is 4. The van der Waals surface area contributed by atoms with Gasteiger partial charge in [0, 0.05) is 18.7 Å². The van der Waals surface area contributed by atoms with Gasteiger partial charge in [-0.1, -0.05) is 41.7 Å². The maximum Gasteiger partial charge on any atom is 0.186 e. The molecule has 0 N–H and O–H groups in total. The predicted molar refractivity (Wildman–Crippen MR) is 93.0 cm³/mol. The molecule has 3 aromatic rings. The third-order valence-electron chi connectivity index (χ3n) is 4.20. The smallest absolute Gasteiger partial charge is 0.186 e. The molecule has 0 saturated heterocycles. The SMILES string of the molecule is COc1ccc(-c2ccccc2)c2sc(N(C)C3CC3)nc12. The molecule has 0 spiro atoms. The van der Waals surface area contributed by atoms with E-state index in [9.17, 15) is 0 Å². The zero-order chi connectivity index (χ0) is 15.1. The molecule has 1 aliphatic rings. The van der Waals surface area contributed by atoms with Gasteiger partial charge in [0.15, 0.2) is 5.13 Å². The van der Waals surface area contributed by atoms with Crippen molar-refractivity contribution in [2.24, 2.45) is 0 Å². The highest BCUT2D eigenvalue weighted by Crippen LogP contribution is 2.42. The predicted octanol–water partition coefficient (Wildman–Crippen LogP) is 4.57. The van der Waals surface area contributed by atoms with Crippen LogP contribution in [0.2, 0.25) is 0 Å². The lowest BCUT2D eigenvalue weighted by molar-refractivity contribution is 0.419. The molecule has 1 aromatic heterocycles. The number of methoxy groups -OCH3 is 1. The van der Waals surface area contributed by atoms with Gasteiger partial charge >= 0.3 is 0 Å². The number of nitrogens with zero attached hydrogens (tertiary/aromatic N) is 2. The summed E-state index contributed by atoms with van der Waals surface area (Å²) < 4.78 is 6.72. The molecule has 0 aliphatic heterocycles. The molecule has 1 aliphatic carbocycles.